The van der Waals surface area contributed by atoms with Gasteiger partial charge in [0.2, 0.25) is 0 Å². The Hall–Kier alpha value is -0.560. The fraction of sp³-hybridized carbons (Fsp3) is 0.818. The normalized spacial score (nSPS) is 25.7. The number of carbonyl (C=O) groups is 2. The molecule has 0 aromatic heterocycles. The van der Waals surface area contributed by atoms with E-state index in [2.05, 4.69) is 0 Å². The number of rotatable bonds is 1. The van der Waals surface area contributed by atoms with E-state index in [9.17, 15) is 14.7 Å². The number of carboxylic acid groups (broad SMARTS) is 1. The minimum atomic E-state index is -0.889. The Bertz CT molecular complexity index is 319. The van der Waals surface area contributed by atoms with Gasteiger partial charge in [0.05, 0.1) is 0 Å². The Morgan fingerprint density at radius 1 is 1.06 bits per heavy atom. The van der Waals surface area contributed by atoms with E-state index in [4.69, 9.17) is 0 Å². The summed E-state index contributed by atoms with van der Waals surface area (Å²) < 4.78 is 0. The molecule has 2 aliphatic heterocycles. The number of hydrogen-bond acceptors (Lipinski definition) is 4. The monoisotopic (exact) mass is 290 g/mol. The molecule has 2 heterocycles. The minimum Gasteiger partial charge on any atom is -0.480 e. The molecule has 7 heteroatoms. The molecule has 0 spiro atoms. The summed E-state index contributed by atoms with van der Waals surface area (Å²) in [6.07, 6.45) is 0.997. The molecule has 0 aliphatic carbocycles. The van der Waals surface area contributed by atoms with Crippen LogP contribution in [0.5, 0.6) is 0 Å². The van der Waals surface area contributed by atoms with Crippen molar-refractivity contribution in [3.8, 4) is 0 Å². The Labute approximate surface area is 115 Å². The lowest BCUT2D eigenvalue weighted by atomic mass is 10.3. The molecule has 0 aromatic rings. The summed E-state index contributed by atoms with van der Waals surface area (Å²) in [5.74, 6) is 2.48. The molecule has 1 unspecified atom stereocenters. The zero-order valence-electron chi connectivity index (χ0n) is 10.2. The van der Waals surface area contributed by atoms with Crippen molar-refractivity contribution in [1.29, 1.82) is 0 Å². The van der Waals surface area contributed by atoms with E-state index in [1.807, 2.05) is 16.7 Å². The highest BCUT2D eigenvalue weighted by molar-refractivity contribution is 7.99. The molecule has 0 radical (unpaired) electrons. The van der Waals surface area contributed by atoms with Gasteiger partial charge in [0.25, 0.3) is 0 Å². The minimum absolute atomic E-state index is 0.0924. The molecule has 5 nitrogen and oxygen atoms in total. The summed E-state index contributed by atoms with van der Waals surface area (Å²) in [6, 6.07) is -0.752. The van der Waals surface area contributed by atoms with Gasteiger partial charge in [-0.25, -0.2) is 9.59 Å². The highest BCUT2D eigenvalue weighted by Gasteiger charge is 2.34. The van der Waals surface area contributed by atoms with Crippen LogP contribution in [-0.2, 0) is 4.79 Å². The molecule has 2 aliphatic rings. The maximum Gasteiger partial charge on any atom is 0.327 e. The van der Waals surface area contributed by atoms with E-state index in [0.717, 1.165) is 36.8 Å². The van der Waals surface area contributed by atoms with Crippen LogP contribution in [0.25, 0.3) is 0 Å². The zero-order valence-corrected chi connectivity index (χ0v) is 11.8. The van der Waals surface area contributed by atoms with Crippen LogP contribution in [0.2, 0.25) is 0 Å². The van der Waals surface area contributed by atoms with Crippen LogP contribution in [0.1, 0.15) is 6.42 Å². The van der Waals surface area contributed by atoms with Gasteiger partial charge in [0.15, 0.2) is 0 Å². The molecule has 18 heavy (non-hydrogen) atoms. The van der Waals surface area contributed by atoms with Gasteiger partial charge in [-0.15, -0.1) is 0 Å². The lowest BCUT2D eigenvalue weighted by Gasteiger charge is -2.36. The van der Waals surface area contributed by atoms with Crippen LogP contribution in [0.3, 0.4) is 0 Å². The first kappa shape index (κ1) is 13.9. The van der Waals surface area contributed by atoms with Gasteiger partial charge in [-0.2, -0.15) is 23.5 Å². The molecule has 0 saturated carbocycles. The van der Waals surface area contributed by atoms with Gasteiger partial charge in [-0.05, 0) is 12.2 Å². The quantitative estimate of drug-likeness (QED) is 0.782. The van der Waals surface area contributed by atoms with Crippen molar-refractivity contribution in [2.75, 3.05) is 42.6 Å². The van der Waals surface area contributed by atoms with Gasteiger partial charge in [-0.3, -0.25) is 0 Å². The Balaban J connectivity index is 2.02. The molecule has 1 atom stereocenters. The fourth-order valence-corrected chi connectivity index (χ4v) is 4.08. The third-order valence-electron chi connectivity index (χ3n) is 3.15. The van der Waals surface area contributed by atoms with E-state index < -0.39 is 12.0 Å². The van der Waals surface area contributed by atoms with Crippen LogP contribution >= 0.6 is 23.5 Å². The number of hydrogen-bond donors (Lipinski definition) is 1. The smallest absolute Gasteiger partial charge is 0.327 e. The van der Waals surface area contributed by atoms with E-state index >= 15 is 0 Å². The molecule has 0 bridgehead atoms. The average molecular weight is 290 g/mol. The number of thioether (sulfide) groups is 2. The molecule has 2 rings (SSSR count). The zero-order chi connectivity index (χ0) is 13.0. The largest absolute Gasteiger partial charge is 0.480 e. The van der Waals surface area contributed by atoms with Crippen molar-refractivity contribution < 1.29 is 14.7 Å². The Morgan fingerprint density at radius 3 is 2.61 bits per heavy atom. The second kappa shape index (κ2) is 6.56. The molecular weight excluding hydrogens is 272 g/mol. The van der Waals surface area contributed by atoms with Gasteiger partial charge in [0.1, 0.15) is 6.04 Å². The lowest BCUT2D eigenvalue weighted by molar-refractivity contribution is -0.141. The van der Waals surface area contributed by atoms with Crippen molar-refractivity contribution in [2.45, 2.75) is 12.5 Å². The van der Waals surface area contributed by atoms with Crippen LogP contribution in [0.15, 0.2) is 0 Å². The third-order valence-corrected chi connectivity index (χ3v) is 5.22. The Morgan fingerprint density at radius 2 is 1.83 bits per heavy atom. The predicted octanol–water partition coefficient (Wildman–Crippen LogP) is 1.05. The van der Waals surface area contributed by atoms with Crippen molar-refractivity contribution in [3.05, 3.63) is 0 Å². The van der Waals surface area contributed by atoms with E-state index in [1.54, 1.807) is 11.8 Å². The second-order valence-corrected chi connectivity index (χ2v) is 6.73. The van der Waals surface area contributed by atoms with E-state index in [0.29, 0.717) is 12.3 Å². The van der Waals surface area contributed by atoms with Crippen LogP contribution < -0.4 is 0 Å². The number of carbonyl (C=O) groups excluding carboxylic acids is 1. The van der Waals surface area contributed by atoms with Crippen molar-refractivity contribution >= 4 is 35.5 Å². The highest BCUT2D eigenvalue weighted by Crippen LogP contribution is 2.20. The molecule has 2 fully saturated rings. The predicted molar refractivity (Wildman–Crippen MR) is 74.4 cm³/mol. The molecule has 102 valence electrons. The van der Waals surface area contributed by atoms with E-state index in [-0.39, 0.29) is 6.03 Å². The van der Waals surface area contributed by atoms with E-state index in [1.165, 1.54) is 4.90 Å². The number of aliphatic carboxylic acids is 1. The Kier molecular flexibility index (Phi) is 5.05. The first-order chi connectivity index (χ1) is 8.70. The van der Waals surface area contributed by atoms with Gasteiger partial charge < -0.3 is 14.9 Å². The van der Waals surface area contributed by atoms with Crippen LogP contribution in [0, 0.1) is 0 Å². The summed E-state index contributed by atoms with van der Waals surface area (Å²) in [5, 5.41) is 9.18. The van der Waals surface area contributed by atoms with Crippen molar-refractivity contribution in [2.24, 2.45) is 0 Å². The topological polar surface area (TPSA) is 60.9 Å². The van der Waals surface area contributed by atoms with Crippen molar-refractivity contribution in [3.63, 3.8) is 0 Å². The van der Waals surface area contributed by atoms with Crippen LogP contribution in [0.4, 0.5) is 4.79 Å². The summed E-state index contributed by atoms with van der Waals surface area (Å²) in [4.78, 5) is 26.9. The SMILES string of the molecule is O=C(O)C1CSCCN1C(=O)N1CCCSCC1. The number of urea groups is 1. The van der Waals surface area contributed by atoms with Gasteiger partial charge >= 0.3 is 12.0 Å². The standard InChI is InChI=1S/C11H18N2O3S2/c14-10(15)9-8-18-7-4-13(9)11(16)12-2-1-5-17-6-3-12/h9H,1-8H2,(H,14,15). The number of amides is 2. The first-order valence-corrected chi connectivity index (χ1v) is 8.45. The third kappa shape index (κ3) is 3.26. The number of nitrogens with zero attached hydrogens (tertiary/aromatic N) is 2. The summed E-state index contributed by atoms with van der Waals surface area (Å²) in [7, 11) is 0. The molecule has 1 N–H and O–H groups in total. The maximum atomic E-state index is 12.4. The summed E-state index contributed by atoms with van der Waals surface area (Å²) in [6.45, 7) is 2.03. The molecule has 0 aromatic carbocycles. The summed E-state index contributed by atoms with van der Waals surface area (Å²) in [5.41, 5.74) is 0. The second-order valence-electron chi connectivity index (χ2n) is 4.36. The van der Waals surface area contributed by atoms with Crippen LogP contribution in [-0.4, -0.2) is 75.6 Å². The van der Waals surface area contributed by atoms with Gasteiger partial charge in [0, 0.05) is 36.9 Å². The first-order valence-electron chi connectivity index (χ1n) is 6.14. The average Bonchev–Trinajstić information content (AvgIpc) is 2.66. The number of carboxylic acids is 1. The maximum absolute atomic E-state index is 12.4. The highest BCUT2D eigenvalue weighted by atomic mass is 32.2. The van der Waals surface area contributed by atoms with Crippen molar-refractivity contribution in [1.82, 2.24) is 9.80 Å². The fourth-order valence-electron chi connectivity index (χ4n) is 2.16. The summed E-state index contributed by atoms with van der Waals surface area (Å²) >= 11 is 3.46. The lowest BCUT2D eigenvalue weighted by Crippen LogP contribution is -2.55. The van der Waals surface area contributed by atoms with Gasteiger partial charge in [-0.1, -0.05) is 0 Å². The molecular formula is C11H18N2O3S2. The molecule has 2 saturated heterocycles. The molecule has 2 amide bonds.